The van der Waals surface area contributed by atoms with Gasteiger partial charge in [-0.1, -0.05) is 103 Å². The molecule has 6 heteroatoms. The molecule has 0 radical (unpaired) electrons. The molecule has 0 aliphatic heterocycles. The number of aliphatic hydroxyl groups excluding tert-OH is 1. The van der Waals surface area contributed by atoms with Crippen molar-refractivity contribution in [3.05, 3.63) is 0 Å². The molecule has 1 N–H and O–H groups in total. The van der Waals surface area contributed by atoms with E-state index in [1.165, 1.54) is 83.5 Å². The van der Waals surface area contributed by atoms with Gasteiger partial charge in [0, 0.05) is 0 Å². The second kappa shape index (κ2) is 19.6. The zero-order chi connectivity index (χ0) is 19.3. The summed E-state index contributed by atoms with van der Waals surface area (Å²) in [5.41, 5.74) is 0. The maximum absolute atomic E-state index is 11.2. The van der Waals surface area contributed by atoms with Crippen molar-refractivity contribution in [1.29, 1.82) is 0 Å². The van der Waals surface area contributed by atoms with Gasteiger partial charge >= 0.3 is 10.4 Å². The maximum Gasteiger partial charge on any atom is 0.399 e. The molecule has 158 valence electrons. The Bertz CT molecular complexity index is 370. The Hall–Kier alpha value is -0.170. The summed E-state index contributed by atoms with van der Waals surface area (Å²) in [6.07, 6.45) is 20.5. The maximum atomic E-state index is 11.2. The highest BCUT2D eigenvalue weighted by atomic mass is 32.3. The van der Waals surface area contributed by atoms with Gasteiger partial charge in [0.05, 0.1) is 19.8 Å². The molecule has 0 bridgehead atoms. The van der Waals surface area contributed by atoms with Crippen molar-refractivity contribution in [2.24, 2.45) is 0 Å². The summed E-state index contributed by atoms with van der Waals surface area (Å²) in [7, 11) is -3.92. The molecule has 0 aromatic rings. The van der Waals surface area contributed by atoms with Crippen molar-refractivity contribution in [3.8, 4) is 0 Å². The Labute approximate surface area is 162 Å². The van der Waals surface area contributed by atoms with Gasteiger partial charge in [0.25, 0.3) is 0 Å². The molecule has 0 heterocycles. The minimum Gasteiger partial charge on any atom is -0.394 e. The highest BCUT2D eigenvalue weighted by molar-refractivity contribution is 7.81. The van der Waals surface area contributed by atoms with Crippen LogP contribution in [0.3, 0.4) is 0 Å². The normalized spacial score (nSPS) is 11.9. The monoisotopic (exact) mass is 394 g/mol. The molecule has 0 saturated carbocycles. The molecule has 0 aliphatic rings. The van der Waals surface area contributed by atoms with Crippen LogP contribution >= 0.6 is 0 Å². The Balaban J connectivity index is 3.16. The first-order valence-corrected chi connectivity index (χ1v) is 12.1. The molecule has 26 heavy (non-hydrogen) atoms. The van der Waals surface area contributed by atoms with E-state index in [0.29, 0.717) is 0 Å². The summed E-state index contributed by atoms with van der Waals surface area (Å²) in [6, 6.07) is 0. The number of unbranched alkanes of at least 4 members (excludes halogenated alkanes) is 15. The van der Waals surface area contributed by atoms with E-state index < -0.39 is 10.4 Å². The first-order chi connectivity index (χ1) is 12.6. The molecule has 0 amide bonds. The minimum atomic E-state index is -3.92. The van der Waals surface area contributed by atoms with Gasteiger partial charge in [-0.05, 0) is 6.42 Å². The predicted octanol–water partition coefficient (Wildman–Crippen LogP) is 5.52. The van der Waals surface area contributed by atoms with Crippen LogP contribution in [-0.4, -0.2) is 33.3 Å². The van der Waals surface area contributed by atoms with Gasteiger partial charge in [0.2, 0.25) is 0 Å². The lowest BCUT2D eigenvalue weighted by Gasteiger charge is -2.05. The van der Waals surface area contributed by atoms with Gasteiger partial charge in [0.1, 0.15) is 0 Å². The standard InChI is InChI=1S/C20H42O5S/c1-2-3-4-5-6-7-8-9-10-11-12-13-14-15-16-17-19-24-26(22,23)25-20-18-21/h21H,2-20H2,1H3. The molecular formula is C20H42O5S. The predicted molar refractivity (Wildman–Crippen MR) is 107 cm³/mol. The summed E-state index contributed by atoms with van der Waals surface area (Å²) in [4.78, 5) is 0. The van der Waals surface area contributed by atoms with Crippen LogP contribution in [-0.2, 0) is 18.8 Å². The fourth-order valence-corrected chi connectivity index (χ4v) is 3.65. The Morgan fingerprint density at radius 3 is 1.31 bits per heavy atom. The van der Waals surface area contributed by atoms with E-state index in [2.05, 4.69) is 15.3 Å². The van der Waals surface area contributed by atoms with Crippen LogP contribution in [0.5, 0.6) is 0 Å². The van der Waals surface area contributed by atoms with E-state index >= 15 is 0 Å². The fourth-order valence-electron chi connectivity index (χ4n) is 2.98. The van der Waals surface area contributed by atoms with Gasteiger partial charge in [0.15, 0.2) is 0 Å². The van der Waals surface area contributed by atoms with Crippen molar-refractivity contribution < 1.29 is 21.9 Å². The summed E-state index contributed by atoms with van der Waals surface area (Å²) in [5, 5.41) is 8.50. The van der Waals surface area contributed by atoms with E-state index in [9.17, 15) is 8.42 Å². The van der Waals surface area contributed by atoms with Gasteiger partial charge < -0.3 is 5.11 Å². The first-order valence-electron chi connectivity index (χ1n) is 10.8. The summed E-state index contributed by atoms with van der Waals surface area (Å²) in [5.74, 6) is 0. The van der Waals surface area contributed by atoms with Crippen LogP contribution < -0.4 is 0 Å². The van der Waals surface area contributed by atoms with E-state index in [-0.39, 0.29) is 19.8 Å². The number of hydrogen-bond acceptors (Lipinski definition) is 5. The SMILES string of the molecule is CCCCCCCCCCCCCCCCCCOS(=O)(=O)OCCO. The van der Waals surface area contributed by atoms with Crippen LogP contribution in [0, 0.1) is 0 Å². The second-order valence-electron chi connectivity index (χ2n) is 7.08. The van der Waals surface area contributed by atoms with Crippen molar-refractivity contribution in [2.75, 3.05) is 19.8 Å². The van der Waals surface area contributed by atoms with Gasteiger partial charge in [-0.3, -0.25) is 0 Å². The number of aliphatic hydroxyl groups is 1. The average Bonchev–Trinajstić information content (AvgIpc) is 2.62. The molecule has 0 spiro atoms. The van der Waals surface area contributed by atoms with Gasteiger partial charge in [-0.25, -0.2) is 8.37 Å². The number of hydrogen-bond donors (Lipinski definition) is 1. The van der Waals surface area contributed by atoms with Crippen LogP contribution in [0.4, 0.5) is 0 Å². The molecular weight excluding hydrogens is 352 g/mol. The van der Waals surface area contributed by atoms with Crippen molar-refractivity contribution in [1.82, 2.24) is 0 Å². The topological polar surface area (TPSA) is 72.8 Å². The molecule has 0 unspecified atom stereocenters. The third kappa shape index (κ3) is 20.1. The quantitative estimate of drug-likeness (QED) is 0.260. The average molecular weight is 395 g/mol. The largest absolute Gasteiger partial charge is 0.399 e. The van der Waals surface area contributed by atoms with Crippen LogP contribution in [0.2, 0.25) is 0 Å². The third-order valence-electron chi connectivity index (χ3n) is 4.54. The van der Waals surface area contributed by atoms with Crippen LogP contribution in [0.25, 0.3) is 0 Å². The van der Waals surface area contributed by atoms with Gasteiger partial charge in [-0.15, -0.1) is 0 Å². The van der Waals surface area contributed by atoms with Crippen molar-refractivity contribution in [3.63, 3.8) is 0 Å². The molecule has 0 atom stereocenters. The van der Waals surface area contributed by atoms with E-state index in [1.807, 2.05) is 0 Å². The first kappa shape index (κ1) is 25.8. The molecule has 0 fully saturated rings. The second-order valence-corrected chi connectivity index (χ2v) is 8.37. The molecule has 0 aromatic carbocycles. The van der Waals surface area contributed by atoms with Crippen LogP contribution in [0.1, 0.15) is 110 Å². The molecule has 5 nitrogen and oxygen atoms in total. The fraction of sp³-hybridized carbons (Fsp3) is 1.00. The highest BCUT2D eigenvalue weighted by Crippen LogP contribution is 2.13. The zero-order valence-corrected chi connectivity index (χ0v) is 17.7. The molecule has 0 aliphatic carbocycles. The third-order valence-corrected chi connectivity index (χ3v) is 5.46. The zero-order valence-electron chi connectivity index (χ0n) is 16.9. The Kier molecular flexibility index (Phi) is 19.5. The summed E-state index contributed by atoms with van der Waals surface area (Å²) >= 11 is 0. The van der Waals surface area contributed by atoms with Crippen LogP contribution in [0.15, 0.2) is 0 Å². The molecule has 0 rings (SSSR count). The summed E-state index contributed by atoms with van der Waals surface area (Å²) in [6.45, 7) is 1.84. The lowest BCUT2D eigenvalue weighted by atomic mass is 10.0. The lowest BCUT2D eigenvalue weighted by Crippen LogP contribution is -2.13. The minimum absolute atomic E-state index is 0.159. The van der Waals surface area contributed by atoms with Crippen molar-refractivity contribution in [2.45, 2.75) is 110 Å². The highest BCUT2D eigenvalue weighted by Gasteiger charge is 2.10. The molecule has 0 saturated heterocycles. The Morgan fingerprint density at radius 2 is 0.923 bits per heavy atom. The van der Waals surface area contributed by atoms with E-state index in [1.54, 1.807) is 0 Å². The number of rotatable bonds is 21. The summed E-state index contributed by atoms with van der Waals surface area (Å²) < 4.78 is 31.5. The smallest absolute Gasteiger partial charge is 0.394 e. The van der Waals surface area contributed by atoms with E-state index in [0.717, 1.165) is 19.3 Å². The molecule has 0 aromatic heterocycles. The van der Waals surface area contributed by atoms with Crippen molar-refractivity contribution >= 4 is 10.4 Å². The lowest BCUT2D eigenvalue weighted by molar-refractivity contribution is 0.167. The van der Waals surface area contributed by atoms with Gasteiger partial charge in [-0.2, -0.15) is 8.42 Å². The van der Waals surface area contributed by atoms with E-state index in [4.69, 9.17) is 5.11 Å². The Morgan fingerprint density at radius 1 is 0.577 bits per heavy atom.